The van der Waals surface area contributed by atoms with Crippen molar-refractivity contribution < 1.29 is 4.79 Å². The normalized spacial score (nSPS) is 11.2. The van der Waals surface area contributed by atoms with Crippen molar-refractivity contribution >= 4 is 44.8 Å². The second-order valence-corrected chi connectivity index (χ2v) is 8.16. The lowest BCUT2D eigenvalue weighted by Crippen LogP contribution is -2.21. The summed E-state index contributed by atoms with van der Waals surface area (Å²) >= 11 is 7.82. The van der Waals surface area contributed by atoms with Crippen LogP contribution in [0.4, 0.5) is 5.69 Å². The van der Waals surface area contributed by atoms with Gasteiger partial charge in [0.25, 0.3) is 0 Å². The molecule has 8 nitrogen and oxygen atoms in total. The van der Waals surface area contributed by atoms with E-state index < -0.39 is 0 Å². The number of carbonyl (C=O) groups excluding carboxylic acids is 1. The van der Waals surface area contributed by atoms with Crippen LogP contribution in [0.25, 0.3) is 16.2 Å². The van der Waals surface area contributed by atoms with Crippen molar-refractivity contribution in [3.63, 3.8) is 0 Å². The van der Waals surface area contributed by atoms with Crippen LogP contribution >= 0.6 is 22.9 Å². The smallest absolute Gasteiger partial charge is 0.193 e. The van der Waals surface area contributed by atoms with E-state index in [4.69, 9.17) is 11.6 Å². The molecule has 4 heterocycles. The molecule has 0 aromatic carbocycles. The minimum absolute atomic E-state index is 0.0559. The Labute approximate surface area is 182 Å². The Morgan fingerprint density at radius 3 is 2.70 bits per heavy atom. The van der Waals surface area contributed by atoms with Gasteiger partial charge >= 0.3 is 0 Å². The first kappa shape index (κ1) is 20.4. The Morgan fingerprint density at radius 2 is 1.97 bits per heavy atom. The molecule has 0 aliphatic carbocycles. The molecule has 0 N–H and O–H groups in total. The third kappa shape index (κ3) is 4.17. The molecule has 0 aliphatic rings. The lowest BCUT2D eigenvalue weighted by Gasteiger charge is -2.22. The standard InChI is InChI=1S/C20H20ClN7OS/c1-3-6-27(2)18-14(11-23-20-17(18)24-12-30-20)9-15(29)7-13-8-16(21)19(22-10-13)28-25-4-5-26-28/h4-5,8,10-12H,3,6-7,9H2,1-2H3. The molecule has 4 aromatic rings. The van der Waals surface area contributed by atoms with E-state index in [9.17, 15) is 4.79 Å². The summed E-state index contributed by atoms with van der Waals surface area (Å²) in [5, 5.41) is 8.45. The predicted octanol–water partition coefficient (Wildman–Crippen LogP) is 3.52. The van der Waals surface area contributed by atoms with E-state index in [0.29, 0.717) is 10.8 Å². The van der Waals surface area contributed by atoms with Gasteiger partial charge in [-0.15, -0.1) is 16.1 Å². The SMILES string of the molecule is CCCN(C)c1c(CC(=O)Cc2cnc(-n3nccn3)c(Cl)c2)cnc2scnc12. The molecule has 0 amide bonds. The number of fused-ring (bicyclic) bond motifs is 1. The van der Waals surface area contributed by atoms with Crippen molar-refractivity contribution in [3.05, 3.63) is 52.5 Å². The minimum atomic E-state index is 0.0559. The Bertz CT molecular complexity index is 1180. The largest absolute Gasteiger partial charge is 0.372 e. The number of hydrogen-bond donors (Lipinski definition) is 0. The van der Waals surface area contributed by atoms with Gasteiger partial charge in [0.05, 0.1) is 28.6 Å². The van der Waals surface area contributed by atoms with Gasteiger partial charge in [-0.3, -0.25) is 4.79 Å². The Morgan fingerprint density at radius 1 is 1.17 bits per heavy atom. The number of pyridine rings is 2. The molecular weight excluding hydrogens is 422 g/mol. The quantitative estimate of drug-likeness (QED) is 0.413. The van der Waals surface area contributed by atoms with Crippen LogP contribution in [0, 0.1) is 0 Å². The van der Waals surface area contributed by atoms with E-state index >= 15 is 0 Å². The molecule has 0 saturated carbocycles. The summed E-state index contributed by atoms with van der Waals surface area (Å²) < 4.78 is 0. The number of nitrogens with zero attached hydrogens (tertiary/aromatic N) is 7. The molecule has 0 bridgehead atoms. The number of carbonyl (C=O) groups is 1. The molecule has 0 unspecified atom stereocenters. The summed E-state index contributed by atoms with van der Waals surface area (Å²) in [6.07, 6.45) is 8.02. The van der Waals surface area contributed by atoms with Gasteiger partial charge in [-0.25, -0.2) is 15.0 Å². The topological polar surface area (TPSA) is 89.7 Å². The summed E-state index contributed by atoms with van der Waals surface area (Å²) in [6.45, 7) is 3.00. The van der Waals surface area contributed by atoms with Crippen molar-refractivity contribution in [1.82, 2.24) is 29.9 Å². The van der Waals surface area contributed by atoms with Gasteiger partial charge in [-0.1, -0.05) is 18.5 Å². The van der Waals surface area contributed by atoms with Crippen LogP contribution in [0.2, 0.25) is 5.02 Å². The maximum absolute atomic E-state index is 12.8. The predicted molar refractivity (Wildman–Crippen MR) is 118 cm³/mol. The first-order valence-corrected chi connectivity index (χ1v) is 10.8. The van der Waals surface area contributed by atoms with Crippen LogP contribution in [0.15, 0.2) is 36.4 Å². The summed E-state index contributed by atoms with van der Waals surface area (Å²) in [6, 6.07) is 1.73. The molecule has 0 fully saturated rings. The molecule has 0 saturated heterocycles. The fourth-order valence-electron chi connectivity index (χ4n) is 3.39. The lowest BCUT2D eigenvalue weighted by molar-refractivity contribution is -0.117. The van der Waals surface area contributed by atoms with Crippen molar-refractivity contribution in [3.8, 4) is 5.82 Å². The van der Waals surface area contributed by atoms with E-state index in [1.807, 2.05) is 7.05 Å². The van der Waals surface area contributed by atoms with E-state index in [2.05, 4.69) is 37.0 Å². The third-order valence-corrected chi connectivity index (χ3v) is 5.64. The summed E-state index contributed by atoms with van der Waals surface area (Å²) in [5.41, 5.74) is 5.24. The van der Waals surface area contributed by atoms with Gasteiger partial charge in [-0.05, 0) is 18.1 Å². The number of hydrogen-bond acceptors (Lipinski definition) is 8. The van der Waals surface area contributed by atoms with Crippen molar-refractivity contribution in [2.45, 2.75) is 26.2 Å². The summed E-state index contributed by atoms with van der Waals surface area (Å²) in [7, 11) is 2.03. The van der Waals surface area contributed by atoms with Gasteiger partial charge in [0.1, 0.15) is 16.1 Å². The van der Waals surface area contributed by atoms with Gasteiger partial charge < -0.3 is 4.90 Å². The lowest BCUT2D eigenvalue weighted by atomic mass is 10.0. The Kier molecular flexibility index (Phi) is 6.01. The van der Waals surface area contributed by atoms with Crippen molar-refractivity contribution in [2.75, 3.05) is 18.5 Å². The highest BCUT2D eigenvalue weighted by molar-refractivity contribution is 7.16. The van der Waals surface area contributed by atoms with Crippen LogP contribution in [0.1, 0.15) is 24.5 Å². The molecule has 4 aromatic heterocycles. The van der Waals surface area contributed by atoms with E-state index in [1.165, 1.54) is 16.1 Å². The van der Waals surface area contributed by atoms with E-state index in [1.54, 1.807) is 36.4 Å². The van der Waals surface area contributed by atoms with Gasteiger partial charge in [0, 0.05) is 44.4 Å². The molecule has 0 radical (unpaired) electrons. The maximum Gasteiger partial charge on any atom is 0.193 e. The van der Waals surface area contributed by atoms with Gasteiger partial charge in [-0.2, -0.15) is 10.2 Å². The molecule has 0 aliphatic heterocycles. The van der Waals surface area contributed by atoms with E-state index in [-0.39, 0.29) is 18.6 Å². The van der Waals surface area contributed by atoms with Crippen LogP contribution < -0.4 is 4.90 Å². The first-order valence-electron chi connectivity index (χ1n) is 9.51. The van der Waals surface area contributed by atoms with Crippen LogP contribution in [0.5, 0.6) is 0 Å². The zero-order valence-corrected chi connectivity index (χ0v) is 18.2. The first-order chi connectivity index (χ1) is 14.6. The van der Waals surface area contributed by atoms with Crippen LogP contribution in [0.3, 0.4) is 0 Å². The van der Waals surface area contributed by atoms with Crippen molar-refractivity contribution in [2.24, 2.45) is 0 Å². The maximum atomic E-state index is 12.8. The molecule has 10 heteroatoms. The number of halogens is 1. The number of rotatable bonds is 8. The second kappa shape index (κ2) is 8.85. The molecule has 30 heavy (non-hydrogen) atoms. The Hall–Kier alpha value is -2.91. The number of aromatic nitrogens is 6. The zero-order chi connectivity index (χ0) is 21.1. The number of Topliss-reactive ketones (excluding diaryl/α,β-unsaturated/α-hetero) is 1. The highest BCUT2D eigenvalue weighted by atomic mass is 35.5. The molecule has 0 spiro atoms. The molecule has 154 valence electrons. The number of ketones is 1. The van der Waals surface area contributed by atoms with Gasteiger partial charge in [0.2, 0.25) is 0 Å². The molecule has 0 atom stereocenters. The average Bonchev–Trinajstić information content (AvgIpc) is 3.40. The molecule has 4 rings (SSSR count). The highest BCUT2D eigenvalue weighted by Crippen LogP contribution is 2.30. The average molecular weight is 442 g/mol. The fourth-order valence-corrected chi connectivity index (χ4v) is 4.29. The number of anilines is 1. The van der Waals surface area contributed by atoms with Crippen molar-refractivity contribution in [1.29, 1.82) is 0 Å². The fraction of sp³-hybridized carbons (Fsp3) is 0.300. The second-order valence-electron chi connectivity index (χ2n) is 6.92. The molecular formula is C20H20ClN7OS. The monoisotopic (exact) mass is 441 g/mol. The minimum Gasteiger partial charge on any atom is -0.372 e. The summed E-state index contributed by atoms with van der Waals surface area (Å²) in [5.74, 6) is 0.486. The van der Waals surface area contributed by atoms with E-state index in [0.717, 1.165) is 40.1 Å². The number of thiazole rings is 1. The van der Waals surface area contributed by atoms with Gasteiger partial charge in [0.15, 0.2) is 5.82 Å². The third-order valence-electron chi connectivity index (χ3n) is 4.63. The highest BCUT2D eigenvalue weighted by Gasteiger charge is 2.18. The zero-order valence-electron chi connectivity index (χ0n) is 16.6. The van der Waals surface area contributed by atoms with Crippen LogP contribution in [-0.2, 0) is 17.6 Å². The van der Waals surface area contributed by atoms with Crippen LogP contribution in [-0.4, -0.2) is 49.3 Å². The Balaban J connectivity index is 1.55. The summed E-state index contributed by atoms with van der Waals surface area (Å²) in [4.78, 5) is 30.5.